The van der Waals surface area contributed by atoms with Crippen molar-refractivity contribution in [1.82, 2.24) is 0 Å². The van der Waals surface area contributed by atoms with Gasteiger partial charge in [-0.2, -0.15) is 5.26 Å². The van der Waals surface area contributed by atoms with Crippen LogP contribution in [0.2, 0.25) is 0 Å². The molecule has 0 saturated heterocycles. The van der Waals surface area contributed by atoms with E-state index < -0.39 is 10.0 Å². The lowest BCUT2D eigenvalue weighted by Crippen LogP contribution is -2.14. The van der Waals surface area contributed by atoms with Crippen LogP contribution in [0.5, 0.6) is 0 Å². The summed E-state index contributed by atoms with van der Waals surface area (Å²) in [6.07, 6.45) is 1.37. The molecular formula is C17H17N3O3S. The molecule has 0 aliphatic rings. The third-order valence-electron chi connectivity index (χ3n) is 3.29. The van der Waals surface area contributed by atoms with Gasteiger partial charge in [0.25, 0.3) is 5.91 Å². The van der Waals surface area contributed by atoms with Crippen LogP contribution >= 0.6 is 0 Å². The number of rotatable bonds is 5. The molecule has 0 heterocycles. The minimum absolute atomic E-state index is 0.312. The average Bonchev–Trinajstić information content (AvgIpc) is 2.50. The molecule has 124 valence electrons. The predicted octanol–water partition coefficient (Wildman–Crippen LogP) is 2.68. The van der Waals surface area contributed by atoms with Gasteiger partial charge < -0.3 is 5.32 Å². The molecule has 0 saturated carbocycles. The highest BCUT2D eigenvalue weighted by molar-refractivity contribution is 7.92. The molecule has 6 nitrogen and oxygen atoms in total. The molecule has 2 rings (SSSR count). The van der Waals surface area contributed by atoms with E-state index in [1.54, 1.807) is 43.3 Å². The van der Waals surface area contributed by atoms with Gasteiger partial charge in [-0.25, -0.2) is 8.42 Å². The van der Waals surface area contributed by atoms with Crippen LogP contribution in [-0.2, 0) is 16.4 Å². The highest BCUT2D eigenvalue weighted by Gasteiger charge is 2.11. The average molecular weight is 343 g/mol. The Labute approximate surface area is 141 Å². The Balaban J connectivity index is 2.17. The number of hydrogen-bond acceptors (Lipinski definition) is 4. The van der Waals surface area contributed by atoms with Crippen molar-refractivity contribution in [3.63, 3.8) is 0 Å². The largest absolute Gasteiger partial charge is 0.322 e. The smallest absolute Gasteiger partial charge is 0.255 e. The summed E-state index contributed by atoms with van der Waals surface area (Å²) in [5.41, 5.74) is 2.89. The topological polar surface area (TPSA) is 99.1 Å². The summed E-state index contributed by atoms with van der Waals surface area (Å²) in [5, 5.41) is 11.4. The molecule has 0 aromatic heterocycles. The van der Waals surface area contributed by atoms with E-state index in [-0.39, 0.29) is 5.91 Å². The van der Waals surface area contributed by atoms with Gasteiger partial charge in [0.15, 0.2) is 0 Å². The fourth-order valence-corrected chi connectivity index (χ4v) is 2.69. The molecule has 0 aliphatic carbocycles. The summed E-state index contributed by atoms with van der Waals surface area (Å²) in [6.45, 7) is 1.75. The van der Waals surface area contributed by atoms with Crippen molar-refractivity contribution >= 4 is 27.3 Å². The normalized spacial score (nSPS) is 10.7. The quantitative estimate of drug-likeness (QED) is 0.872. The molecule has 0 bridgehead atoms. The second-order valence-corrected chi connectivity index (χ2v) is 7.14. The first-order valence-electron chi connectivity index (χ1n) is 7.14. The first-order chi connectivity index (χ1) is 11.3. The molecule has 0 spiro atoms. The lowest BCUT2D eigenvalue weighted by Gasteiger charge is -2.11. The van der Waals surface area contributed by atoms with Crippen LogP contribution < -0.4 is 10.0 Å². The van der Waals surface area contributed by atoms with E-state index in [1.165, 1.54) is 6.07 Å². The third-order valence-corrected chi connectivity index (χ3v) is 3.88. The minimum atomic E-state index is -3.42. The first-order valence-corrected chi connectivity index (χ1v) is 9.03. The molecular weight excluding hydrogens is 326 g/mol. The zero-order valence-corrected chi connectivity index (χ0v) is 14.1. The van der Waals surface area contributed by atoms with Crippen LogP contribution in [0.3, 0.4) is 0 Å². The number of benzene rings is 2. The number of nitrogens with zero attached hydrogens (tertiary/aromatic N) is 1. The van der Waals surface area contributed by atoms with E-state index in [2.05, 4.69) is 16.1 Å². The van der Waals surface area contributed by atoms with E-state index in [4.69, 9.17) is 5.26 Å². The Morgan fingerprint density at radius 1 is 1.17 bits per heavy atom. The summed E-state index contributed by atoms with van der Waals surface area (Å²) in [4.78, 5) is 12.3. The van der Waals surface area contributed by atoms with Crippen molar-refractivity contribution in [3.05, 3.63) is 59.2 Å². The number of carbonyl (C=O) groups excluding carboxylic acids is 1. The Hall–Kier alpha value is -2.85. The van der Waals surface area contributed by atoms with Gasteiger partial charge in [0.05, 0.1) is 24.4 Å². The van der Waals surface area contributed by atoms with E-state index >= 15 is 0 Å². The van der Waals surface area contributed by atoms with Crippen molar-refractivity contribution in [2.75, 3.05) is 16.3 Å². The second-order valence-electron chi connectivity index (χ2n) is 5.39. The summed E-state index contributed by atoms with van der Waals surface area (Å²) in [7, 11) is -3.42. The van der Waals surface area contributed by atoms with E-state index in [1.807, 2.05) is 0 Å². The Morgan fingerprint density at radius 2 is 1.83 bits per heavy atom. The van der Waals surface area contributed by atoms with Crippen LogP contribution in [0, 0.1) is 18.3 Å². The Kier molecular flexibility index (Phi) is 5.21. The molecule has 0 radical (unpaired) electrons. The molecule has 2 aromatic carbocycles. The number of nitriles is 1. The summed E-state index contributed by atoms with van der Waals surface area (Å²) >= 11 is 0. The lowest BCUT2D eigenvalue weighted by molar-refractivity contribution is 0.102. The molecule has 24 heavy (non-hydrogen) atoms. The van der Waals surface area contributed by atoms with E-state index in [0.29, 0.717) is 23.4 Å². The number of anilines is 2. The van der Waals surface area contributed by atoms with Gasteiger partial charge in [0.1, 0.15) is 0 Å². The number of sulfonamides is 1. The molecule has 0 unspecified atom stereocenters. The van der Waals surface area contributed by atoms with Crippen LogP contribution in [0.25, 0.3) is 0 Å². The van der Waals surface area contributed by atoms with Gasteiger partial charge >= 0.3 is 0 Å². The first kappa shape index (κ1) is 17.5. The molecule has 2 N–H and O–H groups in total. The maximum Gasteiger partial charge on any atom is 0.255 e. The monoisotopic (exact) mass is 343 g/mol. The van der Waals surface area contributed by atoms with Gasteiger partial charge in [-0.1, -0.05) is 18.2 Å². The molecule has 1 amide bonds. The van der Waals surface area contributed by atoms with Crippen LogP contribution in [0.1, 0.15) is 21.5 Å². The van der Waals surface area contributed by atoms with Crippen molar-refractivity contribution < 1.29 is 13.2 Å². The second kappa shape index (κ2) is 7.15. The molecule has 0 fully saturated rings. The standard InChI is InChI=1S/C17H17N3O3S/c1-12-3-6-14(11-16(12)20-24(2,22)23)17(21)19-15-7-4-13(5-8-15)9-10-18/h3-8,11,20H,9H2,1-2H3,(H,19,21). The SMILES string of the molecule is Cc1ccc(C(=O)Nc2ccc(CC#N)cc2)cc1NS(C)(=O)=O. The van der Waals surface area contributed by atoms with Crippen LogP contribution in [0.15, 0.2) is 42.5 Å². The van der Waals surface area contributed by atoms with E-state index in [9.17, 15) is 13.2 Å². The maximum atomic E-state index is 12.3. The zero-order chi connectivity index (χ0) is 17.7. The highest BCUT2D eigenvalue weighted by atomic mass is 32.2. The summed E-state index contributed by atoms with van der Waals surface area (Å²) < 4.78 is 25.1. The highest BCUT2D eigenvalue weighted by Crippen LogP contribution is 2.19. The van der Waals surface area contributed by atoms with Gasteiger partial charge in [0, 0.05) is 11.3 Å². The van der Waals surface area contributed by atoms with Crippen molar-refractivity contribution in [3.8, 4) is 6.07 Å². The summed E-state index contributed by atoms with van der Waals surface area (Å²) in [6, 6.07) is 13.8. The number of aryl methyl sites for hydroxylation is 1. The third kappa shape index (κ3) is 4.83. The van der Waals surface area contributed by atoms with Crippen LogP contribution in [0.4, 0.5) is 11.4 Å². The van der Waals surface area contributed by atoms with Gasteiger partial charge in [-0.15, -0.1) is 0 Å². The van der Waals surface area contributed by atoms with Crippen LogP contribution in [-0.4, -0.2) is 20.6 Å². The van der Waals surface area contributed by atoms with E-state index in [0.717, 1.165) is 17.4 Å². The molecule has 0 atom stereocenters. The summed E-state index contributed by atoms with van der Waals surface area (Å²) in [5.74, 6) is -0.348. The lowest BCUT2D eigenvalue weighted by atomic mass is 10.1. The molecule has 2 aromatic rings. The van der Waals surface area contributed by atoms with Crippen molar-refractivity contribution in [2.45, 2.75) is 13.3 Å². The van der Waals surface area contributed by atoms with Gasteiger partial charge in [-0.3, -0.25) is 9.52 Å². The number of hydrogen-bond donors (Lipinski definition) is 2. The zero-order valence-electron chi connectivity index (χ0n) is 13.3. The Bertz CT molecular complexity index is 898. The number of amides is 1. The fraction of sp³-hybridized carbons (Fsp3) is 0.176. The van der Waals surface area contributed by atoms with Crippen molar-refractivity contribution in [1.29, 1.82) is 5.26 Å². The number of nitrogens with one attached hydrogen (secondary N) is 2. The minimum Gasteiger partial charge on any atom is -0.322 e. The fourth-order valence-electron chi connectivity index (χ4n) is 2.07. The predicted molar refractivity (Wildman–Crippen MR) is 93.4 cm³/mol. The maximum absolute atomic E-state index is 12.3. The number of carbonyl (C=O) groups is 1. The Morgan fingerprint density at radius 3 is 2.42 bits per heavy atom. The van der Waals surface area contributed by atoms with Crippen molar-refractivity contribution in [2.24, 2.45) is 0 Å². The molecule has 7 heteroatoms. The van der Waals surface area contributed by atoms with Gasteiger partial charge in [0.2, 0.25) is 10.0 Å². The van der Waals surface area contributed by atoms with Gasteiger partial charge in [-0.05, 0) is 42.3 Å². The molecule has 0 aliphatic heterocycles.